The summed E-state index contributed by atoms with van der Waals surface area (Å²) < 4.78 is 0. The van der Waals surface area contributed by atoms with Gasteiger partial charge in [-0.2, -0.15) is 0 Å². The van der Waals surface area contributed by atoms with Crippen molar-refractivity contribution in [3.63, 3.8) is 0 Å². The fourth-order valence-electron chi connectivity index (χ4n) is 2.55. The average Bonchev–Trinajstić information content (AvgIpc) is 2.82. The van der Waals surface area contributed by atoms with Gasteiger partial charge in [-0.3, -0.25) is 0 Å². The molecule has 1 aromatic rings. The Balaban J connectivity index is 1.86. The molecule has 0 aliphatic carbocycles. The fourth-order valence-corrected chi connectivity index (χ4v) is 2.55. The Bertz CT molecular complexity index is 378. The summed E-state index contributed by atoms with van der Waals surface area (Å²) >= 11 is 0. The SMILES string of the molecule is CCNCc1cnc(N(C)CC2CCN(C)C2)nc1. The van der Waals surface area contributed by atoms with Crippen LogP contribution in [0.15, 0.2) is 12.4 Å². The number of rotatable bonds is 6. The molecule has 2 rings (SSSR count). The highest BCUT2D eigenvalue weighted by Crippen LogP contribution is 2.17. The number of nitrogens with one attached hydrogen (secondary N) is 1. The molecule has 1 N–H and O–H groups in total. The standard InChI is InChI=1S/C14H25N5/c1-4-15-7-13-8-16-14(17-9-13)19(3)11-12-5-6-18(2)10-12/h8-9,12,15H,4-7,10-11H2,1-3H3. The Morgan fingerprint density at radius 2 is 2.16 bits per heavy atom. The number of likely N-dealkylation sites (tertiary alicyclic amines) is 1. The highest BCUT2D eigenvalue weighted by Gasteiger charge is 2.21. The molecule has 1 saturated heterocycles. The molecule has 5 heteroatoms. The highest BCUT2D eigenvalue weighted by atomic mass is 15.2. The molecule has 1 aromatic heterocycles. The second-order valence-electron chi connectivity index (χ2n) is 5.47. The first-order valence-corrected chi connectivity index (χ1v) is 7.10. The molecule has 0 spiro atoms. The van der Waals surface area contributed by atoms with E-state index in [2.05, 4.69) is 46.1 Å². The molecule has 1 aliphatic heterocycles. The van der Waals surface area contributed by atoms with Crippen molar-refractivity contribution >= 4 is 5.95 Å². The summed E-state index contributed by atoms with van der Waals surface area (Å²) in [7, 11) is 4.27. The van der Waals surface area contributed by atoms with Crippen LogP contribution in [0.4, 0.5) is 5.95 Å². The van der Waals surface area contributed by atoms with Crippen LogP contribution in [0.3, 0.4) is 0 Å². The van der Waals surface area contributed by atoms with Gasteiger partial charge in [-0.05, 0) is 32.5 Å². The maximum Gasteiger partial charge on any atom is 0.225 e. The molecule has 0 bridgehead atoms. The third kappa shape index (κ3) is 4.14. The molecule has 1 fully saturated rings. The molecular formula is C14H25N5. The first-order valence-electron chi connectivity index (χ1n) is 7.10. The van der Waals surface area contributed by atoms with Crippen molar-refractivity contribution in [2.75, 3.05) is 45.2 Å². The maximum absolute atomic E-state index is 4.45. The monoisotopic (exact) mass is 263 g/mol. The molecular weight excluding hydrogens is 238 g/mol. The van der Waals surface area contributed by atoms with Gasteiger partial charge in [0.2, 0.25) is 5.95 Å². The quantitative estimate of drug-likeness (QED) is 0.828. The number of nitrogens with zero attached hydrogens (tertiary/aromatic N) is 4. The van der Waals surface area contributed by atoms with Gasteiger partial charge in [0.15, 0.2) is 0 Å². The van der Waals surface area contributed by atoms with Crippen LogP contribution < -0.4 is 10.2 Å². The van der Waals surface area contributed by atoms with E-state index in [0.717, 1.165) is 37.1 Å². The summed E-state index contributed by atoms with van der Waals surface area (Å²) in [5.41, 5.74) is 1.14. The Labute approximate surface area is 116 Å². The van der Waals surface area contributed by atoms with Crippen LogP contribution in [0, 0.1) is 5.92 Å². The third-order valence-corrected chi connectivity index (χ3v) is 3.63. The lowest BCUT2D eigenvalue weighted by Crippen LogP contribution is -2.28. The molecule has 0 aromatic carbocycles. The van der Waals surface area contributed by atoms with Crippen LogP contribution in [0.2, 0.25) is 0 Å². The van der Waals surface area contributed by atoms with Gasteiger partial charge in [-0.1, -0.05) is 6.92 Å². The van der Waals surface area contributed by atoms with Gasteiger partial charge in [-0.25, -0.2) is 9.97 Å². The molecule has 0 amide bonds. The molecule has 106 valence electrons. The summed E-state index contributed by atoms with van der Waals surface area (Å²) in [6.45, 7) is 7.34. The normalized spacial score (nSPS) is 19.8. The van der Waals surface area contributed by atoms with Gasteiger partial charge >= 0.3 is 0 Å². The smallest absolute Gasteiger partial charge is 0.225 e. The van der Waals surface area contributed by atoms with Crippen molar-refractivity contribution in [2.45, 2.75) is 19.9 Å². The second-order valence-corrected chi connectivity index (χ2v) is 5.47. The minimum atomic E-state index is 0.736. The molecule has 1 unspecified atom stereocenters. The summed E-state index contributed by atoms with van der Waals surface area (Å²) in [6.07, 6.45) is 5.11. The van der Waals surface area contributed by atoms with E-state index >= 15 is 0 Å². The first-order chi connectivity index (χ1) is 9.19. The molecule has 0 saturated carbocycles. The Hall–Kier alpha value is -1.20. The van der Waals surface area contributed by atoms with Crippen LogP contribution in [0.1, 0.15) is 18.9 Å². The summed E-state index contributed by atoms with van der Waals surface area (Å²) in [5, 5.41) is 3.28. The van der Waals surface area contributed by atoms with E-state index in [0.29, 0.717) is 0 Å². The van der Waals surface area contributed by atoms with Gasteiger partial charge < -0.3 is 15.1 Å². The van der Waals surface area contributed by atoms with Gasteiger partial charge in [0.25, 0.3) is 0 Å². The van der Waals surface area contributed by atoms with E-state index in [1.165, 1.54) is 19.5 Å². The van der Waals surface area contributed by atoms with E-state index in [1.807, 2.05) is 12.4 Å². The van der Waals surface area contributed by atoms with Crippen LogP contribution >= 0.6 is 0 Å². The lowest BCUT2D eigenvalue weighted by molar-refractivity contribution is 0.395. The van der Waals surface area contributed by atoms with Crippen LogP contribution in [-0.2, 0) is 6.54 Å². The number of hydrogen-bond acceptors (Lipinski definition) is 5. The summed E-state index contributed by atoms with van der Waals surface area (Å²) in [5.74, 6) is 1.56. The number of aromatic nitrogens is 2. The Morgan fingerprint density at radius 1 is 1.42 bits per heavy atom. The lowest BCUT2D eigenvalue weighted by atomic mass is 10.1. The fraction of sp³-hybridized carbons (Fsp3) is 0.714. The number of anilines is 1. The predicted octanol–water partition coefficient (Wildman–Crippen LogP) is 0.974. The van der Waals surface area contributed by atoms with Crippen LogP contribution in [0.5, 0.6) is 0 Å². The maximum atomic E-state index is 4.45. The lowest BCUT2D eigenvalue weighted by Gasteiger charge is -2.21. The van der Waals surface area contributed by atoms with Gasteiger partial charge in [-0.15, -0.1) is 0 Å². The van der Waals surface area contributed by atoms with Gasteiger partial charge in [0.1, 0.15) is 0 Å². The molecule has 1 aliphatic rings. The Kier molecular flexibility index (Phi) is 5.10. The minimum absolute atomic E-state index is 0.736. The van der Waals surface area contributed by atoms with Crippen LogP contribution in [-0.4, -0.2) is 55.1 Å². The van der Waals surface area contributed by atoms with E-state index in [-0.39, 0.29) is 0 Å². The molecule has 5 nitrogen and oxygen atoms in total. The highest BCUT2D eigenvalue weighted by molar-refractivity contribution is 5.28. The molecule has 19 heavy (non-hydrogen) atoms. The van der Waals surface area contributed by atoms with Crippen molar-refractivity contribution < 1.29 is 0 Å². The Morgan fingerprint density at radius 3 is 2.74 bits per heavy atom. The van der Waals surface area contributed by atoms with E-state index in [9.17, 15) is 0 Å². The van der Waals surface area contributed by atoms with Crippen LogP contribution in [0.25, 0.3) is 0 Å². The first kappa shape index (κ1) is 14.2. The van der Waals surface area contributed by atoms with Crippen molar-refractivity contribution in [1.82, 2.24) is 20.2 Å². The summed E-state index contributed by atoms with van der Waals surface area (Å²) in [6, 6.07) is 0. The van der Waals surface area contributed by atoms with Gasteiger partial charge in [0.05, 0.1) is 0 Å². The predicted molar refractivity (Wildman–Crippen MR) is 78.3 cm³/mol. The van der Waals surface area contributed by atoms with E-state index in [1.54, 1.807) is 0 Å². The van der Waals surface area contributed by atoms with Crippen molar-refractivity contribution in [3.8, 4) is 0 Å². The zero-order chi connectivity index (χ0) is 13.7. The molecule has 1 atom stereocenters. The van der Waals surface area contributed by atoms with Gasteiger partial charge in [0, 0.05) is 44.6 Å². The second kappa shape index (κ2) is 6.82. The molecule has 2 heterocycles. The van der Waals surface area contributed by atoms with E-state index < -0.39 is 0 Å². The summed E-state index contributed by atoms with van der Waals surface area (Å²) in [4.78, 5) is 13.5. The topological polar surface area (TPSA) is 44.3 Å². The largest absolute Gasteiger partial charge is 0.344 e. The van der Waals surface area contributed by atoms with E-state index in [4.69, 9.17) is 0 Å². The zero-order valence-electron chi connectivity index (χ0n) is 12.3. The van der Waals surface area contributed by atoms with Crippen molar-refractivity contribution in [1.29, 1.82) is 0 Å². The minimum Gasteiger partial charge on any atom is -0.344 e. The van der Waals surface area contributed by atoms with Crippen molar-refractivity contribution in [3.05, 3.63) is 18.0 Å². The van der Waals surface area contributed by atoms with Crippen molar-refractivity contribution in [2.24, 2.45) is 5.92 Å². The average molecular weight is 263 g/mol. The zero-order valence-corrected chi connectivity index (χ0v) is 12.3. The third-order valence-electron chi connectivity index (χ3n) is 3.63. The number of hydrogen-bond donors (Lipinski definition) is 1. The molecule has 0 radical (unpaired) electrons.